The van der Waals surface area contributed by atoms with Gasteiger partial charge in [-0.25, -0.2) is 0 Å². The molecule has 1 heteroatoms. The quantitative estimate of drug-likeness (QED) is 0.544. The van der Waals surface area contributed by atoms with Crippen LogP contribution in [0.3, 0.4) is 0 Å². The highest BCUT2D eigenvalue weighted by atomic mass is 16.6. The molecule has 2 aromatic carbocycles. The molecule has 2 aromatic rings. The van der Waals surface area contributed by atoms with Gasteiger partial charge in [0.05, 0.1) is 0 Å². The molecule has 0 unspecified atom stereocenters. The summed E-state index contributed by atoms with van der Waals surface area (Å²) in [7, 11) is 0. The molecule has 0 saturated carbocycles. The fraction of sp³-hybridized carbons (Fsp3) is 0.176. The van der Waals surface area contributed by atoms with Gasteiger partial charge in [-0.3, -0.25) is 0 Å². The Bertz CT molecular complexity index is 592. The van der Waals surface area contributed by atoms with Crippen molar-refractivity contribution in [3.05, 3.63) is 71.8 Å². The topological polar surface area (TPSA) is 12.5 Å². The van der Waals surface area contributed by atoms with E-state index in [0.29, 0.717) is 0 Å². The van der Waals surface area contributed by atoms with E-state index in [1.165, 1.54) is 0 Å². The predicted octanol–water partition coefficient (Wildman–Crippen LogP) is 3.35. The highest BCUT2D eigenvalue weighted by Crippen LogP contribution is 2.45. The summed E-state index contributed by atoms with van der Waals surface area (Å²) in [4.78, 5) is 0. The van der Waals surface area contributed by atoms with Gasteiger partial charge in [0.2, 0.25) is 0 Å². The van der Waals surface area contributed by atoms with Gasteiger partial charge in [-0.2, -0.15) is 0 Å². The zero-order chi connectivity index (χ0) is 12.4. The lowest BCUT2D eigenvalue weighted by atomic mass is 9.96. The summed E-state index contributed by atoms with van der Waals surface area (Å²) in [6.45, 7) is 2.06. The lowest BCUT2D eigenvalue weighted by molar-refractivity contribution is 0.345. The van der Waals surface area contributed by atoms with Gasteiger partial charge in [0.25, 0.3) is 0 Å². The van der Waals surface area contributed by atoms with Crippen LogP contribution in [0.15, 0.2) is 60.7 Å². The molecule has 3 rings (SSSR count). The molecule has 0 radical (unpaired) electrons. The molecule has 88 valence electrons. The molecule has 0 aromatic heterocycles. The Kier molecular flexibility index (Phi) is 2.66. The number of ether oxygens (including phenoxy) is 1. The molecular formula is C17H14O. The Balaban J connectivity index is 1.94. The number of hydrogen-bond acceptors (Lipinski definition) is 1. The van der Waals surface area contributed by atoms with E-state index in [4.69, 9.17) is 4.74 Å². The Labute approximate surface area is 107 Å². The monoisotopic (exact) mass is 234 g/mol. The van der Waals surface area contributed by atoms with Gasteiger partial charge in [0.15, 0.2) is 5.60 Å². The number of epoxide rings is 1. The van der Waals surface area contributed by atoms with Crippen LogP contribution >= 0.6 is 0 Å². The van der Waals surface area contributed by atoms with Crippen molar-refractivity contribution in [2.45, 2.75) is 18.6 Å². The fourth-order valence-electron chi connectivity index (χ4n) is 2.12. The number of rotatable bonds is 1. The summed E-state index contributed by atoms with van der Waals surface area (Å²) in [5, 5.41) is 0. The molecule has 0 N–H and O–H groups in total. The van der Waals surface area contributed by atoms with Crippen molar-refractivity contribution >= 4 is 0 Å². The van der Waals surface area contributed by atoms with E-state index in [2.05, 4.69) is 30.9 Å². The van der Waals surface area contributed by atoms with Gasteiger partial charge in [-0.1, -0.05) is 60.4 Å². The molecule has 0 bridgehead atoms. The summed E-state index contributed by atoms with van der Waals surface area (Å²) in [6, 6.07) is 20.2. The largest absolute Gasteiger partial charge is 0.348 e. The molecule has 1 saturated heterocycles. The van der Waals surface area contributed by atoms with E-state index in [1.54, 1.807) is 0 Å². The van der Waals surface area contributed by atoms with Crippen molar-refractivity contribution in [3.8, 4) is 11.8 Å². The van der Waals surface area contributed by atoms with Gasteiger partial charge in [-0.15, -0.1) is 0 Å². The van der Waals surface area contributed by atoms with Gasteiger partial charge in [0.1, 0.15) is 6.10 Å². The zero-order valence-electron chi connectivity index (χ0n) is 10.3. The van der Waals surface area contributed by atoms with Crippen LogP contribution in [0.25, 0.3) is 0 Å². The van der Waals surface area contributed by atoms with Gasteiger partial charge in [-0.05, 0) is 24.6 Å². The van der Waals surface area contributed by atoms with Crippen molar-refractivity contribution in [1.82, 2.24) is 0 Å². The predicted molar refractivity (Wildman–Crippen MR) is 72.0 cm³/mol. The van der Waals surface area contributed by atoms with Crippen molar-refractivity contribution in [1.29, 1.82) is 0 Å². The maximum absolute atomic E-state index is 5.74. The molecule has 1 fully saturated rings. The molecule has 0 spiro atoms. The molecule has 18 heavy (non-hydrogen) atoms. The van der Waals surface area contributed by atoms with E-state index in [0.717, 1.165) is 11.1 Å². The van der Waals surface area contributed by atoms with Crippen molar-refractivity contribution in [2.24, 2.45) is 0 Å². The summed E-state index contributed by atoms with van der Waals surface area (Å²) in [5.41, 5.74) is 1.76. The van der Waals surface area contributed by atoms with E-state index in [1.807, 2.05) is 48.5 Å². The lowest BCUT2D eigenvalue weighted by Gasteiger charge is -2.04. The molecule has 2 atom stereocenters. The van der Waals surface area contributed by atoms with Crippen LogP contribution in [-0.4, -0.2) is 6.10 Å². The third kappa shape index (κ3) is 1.92. The minimum atomic E-state index is -0.406. The summed E-state index contributed by atoms with van der Waals surface area (Å²) in [6.07, 6.45) is 0.163. The highest BCUT2D eigenvalue weighted by Gasteiger charge is 2.53. The van der Waals surface area contributed by atoms with Crippen LogP contribution in [-0.2, 0) is 10.3 Å². The second kappa shape index (κ2) is 4.33. The summed E-state index contributed by atoms with van der Waals surface area (Å²) < 4.78 is 5.74. The second-order valence-electron chi connectivity index (χ2n) is 4.48. The first kappa shape index (κ1) is 11.1. The van der Waals surface area contributed by atoms with E-state index >= 15 is 0 Å². The van der Waals surface area contributed by atoms with Gasteiger partial charge >= 0.3 is 0 Å². The average molecular weight is 234 g/mol. The van der Waals surface area contributed by atoms with Crippen LogP contribution in [0.4, 0.5) is 0 Å². The second-order valence-corrected chi connectivity index (χ2v) is 4.48. The molecule has 1 heterocycles. The SMILES string of the molecule is C[C@H]1O[C@]1(C#Cc1ccccc1)c1ccccc1. The van der Waals surface area contributed by atoms with Crippen LogP contribution in [0.1, 0.15) is 18.1 Å². The molecule has 1 aliphatic rings. The van der Waals surface area contributed by atoms with E-state index in [-0.39, 0.29) is 6.10 Å². The standard InChI is InChI=1S/C17H14O/c1-14-17(18-14,16-10-6-3-7-11-16)13-12-15-8-4-2-5-9-15/h2-11,14H,1H3/t14-,17+/m1/s1. The Morgan fingerprint density at radius 1 is 0.944 bits per heavy atom. The Morgan fingerprint density at radius 2 is 1.50 bits per heavy atom. The van der Waals surface area contributed by atoms with Crippen molar-refractivity contribution < 1.29 is 4.74 Å². The maximum atomic E-state index is 5.74. The Hall–Kier alpha value is -2.04. The smallest absolute Gasteiger partial charge is 0.180 e. The third-order valence-corrected chi connectivity index (χ3v) is 3.25. The first-order valence-electron chi connectivity index (χ1n) is 6.13. The normalized spacial score (nSPS) is 25.1. The van der Waals surface area contributed by atoms with E-state index < -0.39 is 5.60 Å². The van der Waals surface area contributed by atoms with Crippen LogP contribution < -0.4 is 0 Å². The highest BCUT2D eigenvalue weighted by molar-refractivity contribution is 5.44. The average Bonchev–Trinajstić information content (AvgIpc) is 3.11. The van der Waals surface area contributed by atoms with Crippen LogP contribution in [0, 0.1) is 11.8 Å². The molecule has 0 aliphatic carbocycles. The fourth-order valence-corrected chi connectivity index (χ4v) is 2.12. The number of benzene rings is 2. The number of hydrogen-bond donors (Lipinski definition) is 0. The summed E-state index contributed by atoms with van der Waals surface area (Å²) in [5.74, 6) is 6.48. The van der Waals surface area contributed by atoms with Gasteiger partial charge < -0.3 is 4.74 Å². The Morgan fingerprint density at radius 3 is 2.06 bits per heavy atom. The first-order valence-corrected chi connectivity index (χ1v) is 6.13. The lowest BCUT2D eigenvalue weighted by Crippen LogP contribution is -2.08. The minimum Gasteiger partial charge on any atom is -0.348 e. The maximum Gasteiger partial charge on any atom is 0.180 e. The van der Waals surface area contributed by atoms with Crippen molar-refractivity contribution in [3.63, 3.8) is 0 Å². The summed E-state index contributed by atoms with van der Waals surface area (Å²) >= 11 is 0. The minimum absolute atomic E-state index is 0.163. The van der Waals surface area contributed by atoms with E-state index in [9.17, 15) is 0 Å². The van der Waals surface area contributed by atoms with Crippen LogP contribution in [0.5, 0.6) is 0 Å². The zero-order valence-corrected chi connectivity index (χ0v) is 10.3. The molecular weight excluding hydrogens is 220 g/mol. The third-order valence-electron chi connectivity index (χ3n) is 3.25. The molecule has 0 amide bonds. The first-order chi connectivity index (χ1) is 8.81. The molecule has 1 nitrogen and oxygen atoms in total. The van der Waals surface area contributed by atoms with Crippen LogP contribution in [0.2, 0.25) is 0 Å². The van der Waals surface area contributed by atoms with Gasteiger partial charge in [0, 0.05) is 5.56 Å². The molecule has 1 aliphatic heterocycles. The van der Waals surface area contributed by atoms with Crippen molar-refractivity contribution in [2.75, 3.05) is 0 Å².